The molecule has 5 rings (SSSR count). The lowest BCUT2D eigenvalue weighted by Crippen LogP contribution is -2.30. The summed E-state index contributed by atoms with van der Waals surface area (Å²) >= 11 is 6.47. The smallest absolute Gasteiger partial charge is 0.165 e. The van der Waals surface area contributed by atoms with E-state index in [1.54, 1.807) is 0 Å². The fourth-order valence-corrected chi connectivity index (χ4v) is 5.62. The highest BCUT2D eigenvalue weighted by Crippen LogP contribution is 2.50. The van der Waals surface area contributed by atoms with Crippen LogP contribution >= 0.6 is 11.6 Å². The van der Waals surface area contributed by atoms with E-state index < -0.39 is 0 Å². The molecular weight excluding hydrogens is 334 g/mol. The van der Waals surface area contributed by atoms with E-state index in [0.29, 0.717) is 17.5 Å². The van der Waals surface area contributed by atoms with Crippen LogP contribution in [0.15, 0.2) is 24.4 Å². The number of Topliss-reactive ketones (excluding diaryl/α,β-unsaturated/α-hetero) is 1. The number of nitrogens with zero attached hydrogens (tertiary/aromatic N) is 1. The second-order valence-electron chi connectivity index (χ2n) is 8.17. The number of rotatable bonds is 5. The van der Waals surface area contributed by atoms with E-state index in [2.05, 4.69) is 10.6 Å². The number of carbonyl (C=O) groups excluding carboxylic acids is 1. The second-order valence-corrected chi connectivity index (χ2v) is 8.58. The lowest BCUT2D eigenvalue weighted by molar-refractivity contribution is -0.0214. The van der Waals surface area contributed by atoms with Gasteiger partial charge in [-0.1, -0.05) is 24.1 Å². The van der Waals surface area contributed by atoms with Gasteiger partial charge in [-0.15, -0.1) is 0 Å². The highest BCUT2D eigenvalue weighted by molar-refractivity contribution is 6.37. The van der Waals surface area contributed by atoms with Crippen molar-refractivity contribution < 1.29 is 9.53 Å². The van der Waals surface area contributed by atoms with Crippen molar-refractivity contribution in [1.29, 1.82) is 0 Å². The minimum atomic E-state index is 0.250. The number of ketones is 1. The lowest BCUT2D eigenvalue weighted by Gasteiger charge is -2.28. The summed E-state index contributed by atoms with van der Waals surface area (Å²) in [6.45, 7) is 1.43. The normalized spacial score (nSPS) is 28.6. The summed E-state index contributed by atoms with van der Waals surface area (Å²) in [7, 11) is 0. The summed E-state index contributed by atoms with van der Waals surface area (Å²) in [6.07, 6.45) is 9.28. The number of benzene rings is 1. The van der Waals surface area contributed by atoms with Gasteiger partial charge in [0.05, 0.1) is 29.8 Å². The molecule has 2 aliphatic carbocycles. The van der Waals surface area contributed by atoms with Gasteiger partial charge < -0.3 is 9.30 Å². The number of aromatic nitrogens is 1. The Morgan fingerprint density at radius 3 is 2.80 bits per heavy atom. The van der Waals surface area contributed by atoms with Crippen LogP contribution in [0.1, 0.15) is 54.9 Å². The monoisotopic (exact) mass is 357 g/mol. The van der Waals surface area contributed by atoms with Crippen LogP contribution < -0.4 is 0 Å². The summed E-state index contributed by atoms with van der Waals surface area (Å²) in [5.74, 6) is 2.85. The van der Waals surface area contributed by atoms with Crippen molar-refractivity contribution in [2.45, 2.75) is 44.6 Å². The highest BCUT2D eigenvalue weighted by atomic mass is 35.5. The van der Waals surface area contributed by atoms with E-state index in [9.17, 15) is 4.79 Å². The van der Waals surface area contributed by atoms with Crippen molar-refractivity contribution in [2.75, 3.05) is 13.2 Å². The molecule has 2 aromatic rings. The number of hydrogen-bond donors (Lipinski definition) is 0. The summed E-state index contributed by atoms with van der Waals surface area (Å²) in [5, 5.41) is 1.61. The molecule has 25 heavy (non-hydrogen) atoms. The highest BCUT2D eigenvalue weighted by Gasteiger charge is 2.39. The summed E-state index contributed by atoms with van der Waals surface area (Å²) < 4.78 is 7.53. The average molecular weight is 358 g/mol. The van der Waals surface area contributed by atoms with Crippen LogP contribution in [0.4, 0.5) is 0 Å². The van der Waals surface area contributed by atoms with Crippen molar-refractivity contribution in [3.05, 3.63) is 35.0 Å². The third kappa shape index (κ3) is 2.63. The zero-order valence-electron chi connectivity index (χ0n) is 14.4. The molecule has 0 radical (unpaired) electrons. The van der Waals surface area contributed by atoms with Gasteiger partial charge in [0.2, 0.25) is 0 Å². The Bertz CT molecular complexity index is 823. The minimum Gasteiger partial charge on any atom is -0.377 e. The maximum atomic E-state index is 13.0. The Morgan fingerprint density at radius 2 is 2.12 bits per heavy atom. The Kier molecular flexibility index (Phi) is 3.90. The van der Waals surface area contributed by atoms with Crippen LogP contribution in [0, 0.1) is 17.8 Å². The number of ether oxygens (including phenoxy) is 1. The van der Waals surface area contributed by atoms with E-state index >= 15 is 0 Å². The van der Waals surface area contributed by atoms with Gasteiger partial charge in [0.15, 0.2) is 5.78 Å². The van der Waals surface area contributed by atoms with Crippen LogP contribution in [0.3, 0.4) is 0 Å². The third-order valence-electron chi connectivity index (χ3n) is 6.75. The van der Waals surface area contributed by atoms with Gasteiger partial charge in [-0.2, -0.15) is 0 Å². The van der Waals surface area contributed by atoms with Crippen molar-refractivity contribution in [3.8, 4) is 0 Å². The van der Waals surface area contributed by atoms with Gasteiger partial charge >= 0.3 is 0 Å². The van der Waals surface area contributed by atoms with Gasteiger partial charge in [0.25, 0.3) is 0 Å². The zero-order chi connectivity index (χ0) is 17.0. The number of halogens is 1. The number of carbonyl (C=O) groups is 1. The predicted octanol–water partition coefficient (Wildman–Crippen LogP) is 5.27. The molecule has 3 atom stereocenters. The Labute approximate surface area is 153 Å². The van der Waals surface area contributed by atoms with Crippen molar-refractivity contribution in [1.82, 2.24) is 4.57 Å². The van der Waals surface area contributed by atoms with Gasteiger partial charge in [0, 0.05) is 23.6 Å². The van der Waals surface area contributed by atoms with Gasteiger partial charge in [-0.25, -0.2) is 0 Å². The second kappa shape index (κ2) is 6.14. The molecule has 1 aromatic carbocycles. The molecule has 2 saturated carbocycles. The standard InChI is InChI=1S/C21H24ClNO2/c22-18-2-1-3-19-21(18)17(10-23(19)16-11-25-12-16)20(24)7-6-15-9-13-4-5-14(15)8-13/h1-3,10,13-16H,4-9,11-12H2/t13-,14+,15?/m1/s1. The lowest BCUT2D eigenvalue weighted by atomic mass is 9.84. The van der Waals surface area contributed by atoms with Crippen LogP contribution in [-0.4, -0.2) is 23.6 Å². The molecule has 3 fully saturated rings. The molecule has 3 aliphatic rings. The fourth-order valence-electron chi connectivity index (χ4n) is 5.35. The van der Waals surface area contributed by atoms with Gasteiger partial charge in [-0.05, 0) is 55.6 Å². The van der Waals surface area contributed by atoms with Gasteiger partial charge in [-0.3, -0.25) is 4.79 Å². The topological polar surface area (TPSA) is 31.2 Å². The fraction of sp³-hybridized carbons (Fsp3) is 0.571. The molecule has 0 N–H and O–H groups in total. The molecule has 132 valence electrons. The minimum absolute atomic E-state index is 0.250. The molecule has 1 saturated heterocycles. The quantitative estimate of drug-likeness (QED) is 0.683. The first-order chi connectivity index (χ1) is 12.2. The first-order valence-corrected chi connectivity index (χ1v) is 9.98. The molecular formula is C21H24ClNO2. The Morgan fingerprint density at radius 1 is 1.24 bits per heavy atom. The number of fused-ring (bicyclic) bond motifs is 3. The first kappa shape index (κ1) is 15.9. The van der Waals surface area contributed by atoms with Crippen LogP contribution in [0.25, 0.3) is 10.9 Å². The Hall–Kier alpha value is -1.32. The van der Waals surface area contributed by atoms with E-state index in [4.69, 9.17) is 16.3 Å². The molecule has 2 bridgehead atoms. The molecule has 1 unspecified atom stereocenters. The van der Waals surface area contributed by atoms with E-state index in [0.717, 1.165) is 53.9 Å². The average Bonchev–Trinajstić information content (AvgIpc) is 3.26. The Balaban J connectivity index is 1.40. The maximum absolute atomic E-state index is 13.0. The van der Waals surface area contributed by atoms with Crippen molar-refractivity contribution in [2.24, 2.45) is 17.8 Å². The summed E-state index contributed by atoms with van der Waals surface area (Å²) in [6, 6.07) is 6.24. The van der Waals surface area contributed by atoms with E-state index in [1.807, 2.05) is 18.3 Å². The largest absolute Gasteiger partial charge is 0.377 e. The molecule has 1 aromatic heterocycles. The van der Waals surface area contributed by atoms with Gasteiger partial charge in [0.1, 0.15) is 0 Å². The molecule has 0 amide bonds. The summed E-state index contributed by atoms with van der Waals surface area (Å²) in [5.41, 5.74) is 1.86. The predicted molar refractivity (Wildman–Crippen MR) is 99.3 cm³/mol. The molecule has 2 heterocycles. The van der Waals surface area contributed by atoms with Crippen molar-refractivity contribution in [3.63, 3.8) is 0 Å². The van der Waals surface area contributed by atoms with E-state index in [1.165, 1.54) is 25.7 Å². The number of hydrogen-bond acceptors (Lipinski definition) is 2. The first-order valence-electron chi connectivity index (χ1n) is 9.60. The molecule has 0 spiro atoms. The van der Waals surface area contributed by atoms with Crippen LogP contribution in [0.2, 0.25) is 5.02 Å². The van der Waals surface area contributed by atoms with Crippen LogP contribution in [0.5, 0.6) is 0 Å². The van der Waals surface area contributed by atoms with Crippen LogP contribution in [-0.2, 0) is 4.74 Å². The zero-order valence-corrected chi connectivity index (χ0v) is 15.2. The third-order valence-corrected chi connectivity index (χ3v) is 7.06. The molecule has 3 nitrogen and oxygen atoms in total. The summed E-state index contributed by atoms with van der Waals surface area (Å²) in [4.78, 5) is 13.0. The maximum Gasteiger partial charge on any atom is 0.165 e. The molecule has 1 aliphatic heterocycles. The SMILES string of the molecule is O=C(CCC1C[C@@H]2CC[C@H]1C2)c1cn(C2COC2)c2cccc(Cl)c12. The molecule has 4 heteroatoms. The van der Waals surface area contributed by atoms with Crippen molar-refractivity contribution >= 4 is 28.3 Å². The van der Waals surface area contributed by atoms with E-state index in [-0.39, 0.29) is 5.78 Å².